The van der Waals surface area contributed by atoms with E-state index in [9.17, 15) is 14.4 Å². The summed E-state index contributed by atoms with van der Waals surface area (Å²) in [5.74, 6) is -0.214. The largest absolute Gasteiger partial charge is 0.497 e. The van der Waals surface area contributed by atoms with Crippen molar-refractivity contribution in [3.05, 3.63) is 66.2 Å². The zero-order chi connectivity index (χ0) is 24.4. The molecule has 0 spiro atoms. The van der Waals surface area contributed by atoms with Crippen LogP contribution in [-0.4, -0.2) is 55.9 Å². The van der Waals surface area contributed by atoms with E-state index in [4.69, 9.17) is 4.74 Å². The topological polar surface area (TPSA) is 82.2 Å². The van der Waals surface area contributed by atoms with E-state index >= 15 is 0 Å². The number of hydrogen-bond acceptors (Lipinski definition) is 5. The SMILES string of the molecule is COc1ccc(N2CCCN(C(=O)c3cccc(N4NC(=O)C5CC=CCC5C4=O)c3)CC2)cc1. The molecule has 3 amide bonds. The van der Waals surface area contributed by atoms with Crippen LogP contribution in [0, 0.1) is 11.8 Å². The summed E-state index contributed by atoms with van der Waals surface area (Å²) in [5.41, 5.74) is 4.87. The quantitative estimate of drug-likeness (QED) is 0.689. The molecule has 2 aliphatic heterocycles. The molecule has 2 saturated heterocycles. The van der Waals surface area contributed by atoms with E-state index in [2.05, 4.69) is 10.3 Å². The van der Waals surface area contributed by atoms with Crippen molar-refractivity contribution in [2.24, 2.45) is 11.8 Å². The molecule has 0 bridgehead atoms. The number of benzene rings is 2. The van der Waals surface area contributed by atoms with Crippen LogP contribution in [0.1, 0.15) is 29.6 Å². The molecule has 1 N–H and O–H groups in total. The summed E-state index contributed by atoms with van der Waals surface area (Å²) < 4.78 is 5.25. The van der Waals surface area contributed by atoms with Crippen molar-refractivity contribution in [1.82, 2.24) is 10.3 Å². The third kappa shape index (κ3) is 4.60. The molecule has 0 radical (unpaired) electrons. The second-order valence-electron chi connectivity index (χ2n) is 9.19. The van der Waals surface area contributed by atoms with Gasteiger partial charge in [0.25, 0.3) is 5.91 Å². The molecule has 182 valence electrons. The Kier molecular flexibility index (Phi) is 6.44. The number of nitrogens with one attached hydrogen (secondary N) is 1. The maximum atomic E-state index is 13.4. The molecule has 2 aromatic carbocycles. The fourth-order valence-corrected chi connectivity index (χ4v) is 5.12. The van der Waals surface area contributed by atoms with E-state index in [1.54, 1.807) is 31.4 Å². The molecule has 35 heavy (non-hydrogen) atoms. The minimum Gasteiger partial charge on any atom is -0.497 e. The van der Waals surface area contributed by atoms with E-state index in [1.807, 2.05) is 41.3 Å². The van der Waals surface area contributed by atoms with Gasteiger partial charge in [0.05, 0.1) is 24.6 Å². The van der Waals surface area contributed by atoms with Crippen molar-refractivity contribution in [1.29, 1.82) is 0 Å². The highest BCUT2D eigenvalue weighted by atomic mass is 16.5. The van der Waals surface area contributed by atoms with Gasteiger partial charge in [-0.2, -0.15) is 0 Å². The minimum atomic E-state index is -0.359. The highest BCUT2D eigenvalue weighted by Gasteiger charge is 2.42. The predicted octanol–water partition coefficient (Wildman–Crippen LogP) is 3.01. The molecule has 1 aliphatic carbocycles. The molecule has 2 unspecified atom stereocenters. The number of allylic oxidation sites excluding steroid dienone is 2. The van der Waals surface area contributed by atoms with Gasteiger partial charge in [-0.05, 0) is 61.7 Å². The van der Waals surface area contributed by atoms with Gasteiger partial charge in [-0.15, -0.1) is 0 Å². The first kappa shape index (κ1) is 23.0. The number of carbonyl (C=O) groups is 3. The molecule has 5 rings (SSSR count). The van der Waals surface area contributed by atoms with Crippen LogP contribution in [0.15, 0.2) is 60.7 Å². The van der Waals surface area contributed by atoms with Crippen LogP contribution in [0.2, 0.25) is 0 Å². The Morgan fingerprint density at radius 3 is 2.46 bits per heavy atom. The Labute approximate surface area is 205 Å². The van der Waals surface area contributed by atoms with Crippen LogP contribution < -0.4 is 20.1 Å². The second-order valence-corrected chi connectivity index (χ2v) is 9.19. The Balaban J connectivity index is 1.28. The fourth-order valence-electron chi connectivity index (χ4n) is 5.12. The van der Waals surface area contributed by atoms with Gasteiger partial charge in [-0.1, -0.05) is 18.2 Å². The van der Waals surface area contributed by atoms with Crippen LogP contribution in [-0.2, 0) is 9.59 Å². The van der Waals surface area contributed by atoms with E-state index in [0.717, 1.165) is 30.9 Å². The highest BCUT2D eigenvalue weighted by Crippen LogP contribution is 2.32. The number of anilines is 2. The van der Waals surface area contributed by atoms with Crippen LogP contribution >= 0.6 is 0 Å². The standard InChI is InChI=1S/C27H30N4O4/c1-35-22-12-10-20(11-13-22)29-14-5-15-30(17-16-29)26(33)19-6-4-7-21(18-19)31-27(34)24-9-3-2-8-23(24)25(32)28-31/h2-4,6-7,10-13,18,23-24H,5,8-9,14-17H2,1H3,(H,28,32). The van der Waals surface area contributed by atoms with E-state index in [1.165, 1.54) is 5.01 Å². The molecule has 0 aromatic heterocycles. The van der Waals surface area contributed by atoms with Crippen LogP contribution in [0.3, 0.4) is 0 Å². The second kappa shape index (κ2) is 9.82. The molecule has 2 fully saturated rings. The average Bonchev–Trinajstić information content (AvgIpc) is 3.17. The molecule has 2 atom stereocenters. The molecule has 8 heteroatoms. The van der Waals surface area contributed by atoms with Crippen LogP contribution in [0.5, 0.6) is 5.75 Å². The van der Waals surface area contributed by atoms with Crippen molar-refractivity contribution < 1.29 is 19.1 Å². The lowest BCUT2D eigenvalue weighted by atomic mass is 9.80. The van der Waals surface area contributed by atoms with Crippen molar-refractivity contribution in [2.75, 3.05) is 43.2 Å². The third-order valence-corrected chi connectivity index (χ3v) is 7.10. The van der Waals surface area contributed by atoms with Gasteiger partial charge < -0.3 is 14.5 Å². The van der Waals surface area contributed by atoms with Gasteiger partial charge in [-0.3, -0.25) is 19.8 Å². The van der Waals surface area contributed by atoms with Gasteiger partial charge in [0, 0.05) is 37.4 Å². The summed E-state index contributed by atoms with van der Waals surface area (Å²) in [6.07, 6.45) is 5.92. The lowest BCUT2D eigenvalue weighted by molar-refractivity contribution is -0.139. The summed E-state index contributed by atoms with van der Waals surface area (Å²) in [6, 6.07) is 14.9. The first-order valence-electron chi connectivity index (χ1n) is 12.1. The lowest BCUT2D eigenvalue weighted by Gasteiger charge is -2.38. The van der Waals surface area contributed by atoms with E-state index in [-0.39, 0.29) is 29.6 Å². The smallest absolute Gasteiger partial charge is 0.253 e. The molecule has 0 saturated carbocycles. The maximum Gasteiger partial charge on any atom is 0.253 e. The van der Waals surface area contributed by atoms with Gasteiger partial charge in [0.2, 0.25) is 11.8 Å². The summed E-state index contributed by atoms with van der Waals surface area (Å²) in [5, 5.41) is 1.31. The molecule has 2 heterocycles. The predicted molar refractivity (Wildman–Crippen MR) is 133 cm³/mol. The number of methoxy groups -OCH3 is 1. The minimum absolute atomic E-state index is 0.0716. The number of nitrogens with zero attached hydrogens (tertiary/aromatic N) is 3. The number of fused-ring (bicyclic) bond motifs is 1. The maximum absolute atomic E-state index is 13.4. The van der Waals surface area contributed by atoms with Gasteiger partial charge >= 0.3 is 0 Å². The summed E-state index contributed by atoms with van der Waals surface area (Å²) in [6.45, 7) is 2.85. The zero-order valence-electron chi connectivity index (χ0n) is 19.9. The van der Waals surface area contributed by atoms with Crippen molar-refractivity contribution in [3.63, 3.8) is 0 Å². The number of carbonyl (C=O) groups excluding carboxylic acids is 3. The van der Waals surface area contributed by atoms with Crippen molar-refractivity contribution in [3.8, 4) is 5.75 Å². The van der Waals surface area contributed by atoms with Crippen molar-refractivity contribution >= 4 is 29.1 Å². The van der Waals surface area contributed by atoms with Crippen LogP contribution in [0.4, 0.5) is 11.4 Å². The lowest BCUT2D eigenvalue weighted by Crippen LogP contribution is -2.59. The normalized spacial score (nSPS) is 22.4. The third-order valence-electron chi connectivity index (χ3n) is 7.10. The number of hydrazine groups is 1. The number of amides is 3. The van der Waals surface area contributed by atoms with Gasteiger partial charge in [0.1, 0.15) is 5.75 Å². The molecule has 2 aromatic rings. The Morgan fingerprint density at radius 2 is 1.69 bits per heavy atom. The number of rotatable bonds is 4. The number of hydrogen-bond donors (Lipinski definition) is 1. The van der Waals surface area contributed by atoms with E-state index in [0.29, 0.717) is 37.2 Å². The average molecular weight is 475 g/mol. The Hall–Kier alpha value is -3.81. The first-order chi connectivity index (χ1) is 17.0. The van der Waals surface area contributed by atoms with Crippen molar-refractivity contribution in [2.45, 2.75) is 19.3 Å². The summed E-state index contributed by atoms with van der Waals surface area (Å²) in [7, 11) is 1.65. The first-order valence-corrected chi connectivity index (χ1v) is 12.1. The van der Waals surface area contributed by atoms with E-state index < -0.39 is 0 Å². The zero-order valence-corrected chi connectivity index (χ0v) is 19.9. The highest BCUT2D eigenvalue weighted by molar-refractivity contribution is 6.05. The summed E-state index contributed by atoms with van der Waals surface area (Å²) in [4.78, 5) is 43.3. The fraction of sp³-hybridized carbons (Fsp3) is 0.370. The van der Waals surface area contributed by atoms with Gasteiger partial charge in [0.15, 0.2) is 0 Å². The Morgan fingerprint density at radius 1 is 0.914 bits per heavy atom. The van der Waals surface area contributed by atoms with Crippen LogP contribution in [0.25, 0.3) is 0 Å². The molecule has 8 nitrogen and oxygen atoms in total. The number of ether oxygens (including phenoxy) is 1. The molecular weight excluding hydrogens is 444 g/mol. The monoisotopic (exact) mass is 474 g/mol. The summed E-state index contributed by atoms with van der Waals surface area (Å²) >= 11 is 0. The molecular formula is C27H30N4O4. The Bertz CT molecular complexity index is 1150. The van der Waals surface area contributed by atoms with Gasteiger partial charge in [-0.25, -0.2) is 5.01 Å². The molecule has 3 aliphatic rings.